The van der Waals surface area contributed by atoms with Crippen LogP contribution in [0.15, 0.2) is 72.8 Å². The summed E-state index contributed by atoms with van der Waals surface area (Å²) in [6.07, 6.45) is 6.79. The molecule has 1 aliphatic carbocycles. The SMILES string of the molecule is COc1ccccc1N(CCCC(=O)N(Cc1ccc(Cl)c(Cl)c1)[C@H](Cc1ccccc1)C(=O)NC1CCCCC1)S(C)(=O)=O. The van der Waals surface area contributed by atoms with Crippen molar-refractivity contribution in [3.63, 3.8) is 0 Å². The maximum atomic E-state index is 14.1. The topological polar surface area (TPSA) is 96.0 Å². The fraction of sp³-hybridized carbons (Fsp3) is 0.412. The van der Waals surface area contributed by atoms with Gasteiger partial charge in [-0.3, -0.25) is 13.9 Å². The molecule has 0 unspecified atom stereocenters. The smallest absolute Gasteiger partial charge is 0.243 e. The number of ether oxygens (including phenoxy) is 1. The van der Waals surface area contributed by atoms with E-state index in [9.17, 15) is 18.0 Å². The molecule has 0 bridgehead atoms. The fourth-order valence-electron chi connectivity index (χ4n) is 5.75. The number of carbonyl (C=O) groups is 2. The van der Waals surface area contributed by atoms with E-state index in [-0.39, 0.29) is 43.8 Å². The van der Waals surface area contributed by atoms with Gasteiger partial charge >= 0.3 is 0 Å². The Morgan fingerprint density at radius 1 is 0.933 bits per heavy atom. The van der Waals surface area contributed by atoms with E-state index in [4.69, 9.17) is 27.9 Å². The van der Waals surface area contributed by atoms with Gasteiger partial charge < -0.3 is 15.0 Å². The molecular weight excluding hydrogens is 633 g/mol. The first-order chi connectivity index (χ1) is 21.6. The average molecular weight is 675 g/mol. The predicted octanol–water partition coefficient (Wildman–Crippen LogP) is 6.64. The van der Waals surface area contributed by atoms with Gasteiger partial charge in [0.15, 0.2) is 0 Å². The van der Waals surface area contributed by atoms with E-state index in [0.29, 0.717) is 27.9 Å². The zero-order chi connectivity index (χ0) is 32.4. The fourth-order valence-corrected chi connectivity index (χ4v) is 7.04. The van der Waals surface area contributed by atoms with E-state index >= 15 is 0 Å². The maximum absolute atomic E-state index is 14.1. The number of carbonyl (C=O) groups excluding carboxylic acids is 2. The number of anilines is 1. The van der Waals surface area contributed by atoms with Gasteiger partial charge in [-0.2, -0.15) is 0 Å². The third-order valence-corrected chi connectivity index (χ3v) is 9.98. The average Bonchev–Trinajstić information content (AvgIpc) is 3.03. The highest BCUT2D eigenvalue weighted by molar-refractivity contribution is 7.92. The summed E-state index contributed by atoms with van der Waals surface area (Å²) in [5.74, 6) is -0.0574. The summed E-state index contributed by atoms with van der Waals surface area (Å²) in [6, 6.07) is 20.9. The molecule has 1 N–H and O–H groups in total. The van der Waals surface area contributed by atoms with E-state index in [1.54, 1.807) is 47.4 Å². The van der Waals surface area contributed by atoms with Crippen LogP contribution in [0.3, 0.4) is 0 Å². The highest BCUT2D eigenvalue weighted by Gasteiger charge is 2.32. The Labute approximate surface area is 276 Å². The number of sulfonamides is 1. The van der Waals surface area contributed by atoms with Crippen LogP contribution in [0.1, 0.15) is 56.1 Å². The lowest BCUT2D eigenvalue weighted by Crippen LogP contribution is -2.53. The van der Waals surface area contributed by atoms with Crippen molar-refractivity contribution in [2.75, 3.05) is 24.2 Å². The molecule has 1 atom stereocenters. The number of benzene rings is 3. The van der Waals surface area contributed by atoms with E-state index < -0.39 is 16.1 Å². The van der Waals surface area contributed by atoms with Crippen molar-refractivity contribution in [3.05, 3.63) is 94.0 Å². The first-order valence-electron chi connectivity index (χ1n) is 15.2. The molecule has 2 amide bonds. The number of para-hydroxylation sites is 2. The number of halogens is 2. The van der Waals surface area contributed by atoms with Gasteiger partial charge in [-0.05, 0) is 54.7 Å². The normalized spacial score (nSPS) is 14.4. The van der Waals surface area contributed by atoms with Crippen LogP contribution in [-0.4, -0.2) is 57.1 Å². The second kappa shape index (κ2) is 16.3. The van der Waals surface area contributed by atoms with Crippen molar-refractivity contribution in [2.24, 2.45) is 0 Å². The van der Waals surface area contributed by atoms with Crippen LogP contribution in [0, 0.1) is 0 Å². The van der Waals surface area contributed by atoms with Crippen LogP contribution < -0.4 is 14.4 Å². The molecule has 8 nitrogen and oxygen atoms in total. The Kier molecular flexibility index (Phi) is 12.6. The Morgan fingerprint density at radius 3 is 2.29 bits per heavy atom. The van der Waals surface area contributed by atoms with Crippen LogP contribution in [0.25, 0.3) is 0 Å². The van der Waals surface area contributed by atoms with E-state index in [2.05, 4.69) is 5.32 Å². The molecule has 0 heterocycles. The molecule has 4 rings (SSSR count). The Hall–Kier alpha value is -3.27. The molecule has 0 saturated heterocycles. The summed E-state index contributed by atoms with van der Waals surface area (Å²) in [6.45, 7) is 0.191. The second-order valence-electron chi connectivity index (χ2n) is 11.4. The third-order valence-electron chi connectivity index (χ3n) is 8.07. The first-order valence-corrected chi connectivity index (χ1v) is 17.9. The molecule has 1 fully saturated rings. The lowest BCUT2D eigenvalue weighted by atomic mass is 9.94. The van der Waals surface area contributed by atoms with Gasteiger partial charge in [0.05, 0.1) is 29.1 Å². The Morgan fingerprint density at radius 2 is 1.62 bits per heavy atom. The summed E-state index contributed by atoms with van der Waals surface area (Å²) < 4.78 is 32.2. The monoisotopic (exact) mass is 673 g/mol. The molecule has 0 aromatic heterocycles. The molecule has 1 saturated carbocycles. The highest BCUT2D eigenvalue weighted by atomic mass is 35.5. The largest absolute Gasteiger partial charge is 0.495 e. The van der Waals surface area contributed by atoms with Crippen molar-refractivity contribution in [3.8, 4) is 5.75 Å². The minimum Gasteiger partial charge on any atom is -0.495 e. The molecule has 242 valence electrons. The number of nitrogens with one attached hydrogen (secondary N) is 1. The van der Waals surface area contributed by atoms with Crippen molar-refractivity contribution in [2.45, 2.75) is 70.0 Å². The van der Waals surface area contributed by atoms with Crippen LogP contribution >= 0.6 is 23.2 Å². The highest BCUT2D eigenvalue weighted by Crippen LogP contribution is 2.30. The van der Waals surface area contributed by atoms with Crippen LogP contribution in [0.4, 0.5) is 5.69 Å². The van der Waals surface area contributed by atoms with Gasteiger partial charge in [0.2, 0.25) is 21.8 Å². The molecule has 0 aliphatic heterocycles. The number of rotatable bonds is 14. The molecule has 0 radical (unpaired) electrons. The molecule has 0 spiro atoms. The maximum Gasteiger partial charge on any atom is 0.243 e. The summed E-state index contributed by atoms with van der Waals surface area (Å²) in [4.78, 5) is 29.7. The van der Waals surface area contributed by atoms with Crippen LogP contribution in [0.5, 0.6) is 5.75 Å². The lowest BCUT2D eigenvalue weighted by molar-refractivity contribution is -0.141. The zero-order valence-corrected chi connectivity index (χ0v) is 28.1. The molecule has 3 aromatic rings. The second-order valence-corrected chi connectivity index (χ2v) is 14.2. The zero-order valence-electron chi connectivity index (χ0n) is 25.8. The van der Waals surface area contributed by atoms with Crippen molar-refractivity contribution in [1.29, 1.82) is 0 Å². The number of nitrogens with zero attached hydrogens (tertiary/aromatic N) is 2. The molecule has 1 aliphatic rings. The van der Waals surface area contributed by atoms with Crippen LogP contribution in [0.2, 0.25) is 10.0 Å². The summed E-state index contributed by atoms with van der Waals surface area (Å²) in [5.41, 5.74) is 2.05. The van der Waals surface area contributed by atoms with Crippen molar-refractivity contribution < 1.29 is 22.7 Å². The van der Waals surface area contributed by atoms with Gasteiger partial charge in [0.1, 0.15) is 11.8 Å². The minimum atomic E-state index is -3.68. The number of hydrogen-bond acceptors (Lipinski definition) is 5. The number of hydrogen-bond donors (Lipinski definition) is 1. The predicted molar refractivity (Wildman–Crippen MR) is 180 cm³/mol. The van der Waals surface area contributed by atoms with Crippen LogP contribution in [-0.2, 0) is 32.6 Å². The third kappa shape index (κ3) is 9.86. The van der Waals surface area contributed by atoms with E-state index in [0.717, 1.165) is 49.5 Å². The lowest BCUT2D eigenvalue weighted by Gasteiger charge is -2.34. The molecular formula is C34H41Cl2N3O5S. The summed E-state index contributed by atoms with van der Waals surface area (Å²) >= 11 is 12.5. The molecule has 11 heteroatoms. The molecule has 45 heavy (non-hydrogen) atoms. The Balaban J connectivity index is 1.62. The minimum absolute atomic E-state index is 0.0183. The van der Waals surface area contributed by atoms with Gasteiger partial charge in [-0.1, -0.05) is 91.0 Å². The first kappa shape index (κ1) is 34.6. The van der Waals surface area contributed by atoms with Gasteiger partial charge in [-0.15, -0.1) is 0 Å². The van der Waals surface area contributed by atoms with Gasteiger partial charge in [-0.25, -0.2) is 8.42 Å². The van der Waals surface area contributed by atoms with Crippen molar-refractivity contribution in [1.82, 2.24) is 10.2 Å². The number of methoxy groups -OCH3 is 1. The standard InChI is InChI=1S/C34H41Cl2N3O5S/c1-44-32-17-10-9-16-30(32)39(45(2,42)43)21-11-18-33(40)38(24-26-19-20-28(35)29(36)22-26)31(23-25-12-5-3-6-13-25)34(41)37-27-14-7-4-8-15-27/h3,5-6,9-10,12-13,16-17,19-20,22,27,31H,4,7-8,11,14-15,18,21,23-24H2,1-2H3,(H,37,41)/t31-/m1/s1. The van der Waals surface area contributed by atoms with E-state index in [1.807, 2.05) is 30.3 Å². The number of amides is 2. The Bertz CT molecular complexity index is 1550. The van der Waals surface area contributed by atoms with E-state index in [1.165, 1.54) is 11.4 Å². The van der Waals surface area contributed by atoms with Gasteiger partial charge in [0, 0.05) is 32.0 Å². The van der Waals surface area contributed by atoms with Gasteiger partial charge in [0.25, 0.3) is 0 Å². The summed E-state index contributed by atoms with van der Waals surface area (Å²) in [7, 11) is -2.19. The summed E-state index contributed by atoms with van der Waals surface area (Å²) in [5, 5.41) is 3.98. The molecule has 3 aromatic carbocycles. The van der Waals surface area contributed by atoms with Crippen molar-refractivity contribution >= 4 is 50.7 Å². The quantitative estimate of drug-likeness (QED) is 0.207.